The molecule has 0 spiro atoms. The maximum Gasteiger partial charge on any atom is 0.382 e. The third-order valence-electron chi connectivity index (χ3n) is 1.86. The van der Waals surface area contributed by atoms with E-state index in [0.717, 1.165) is 10.9 Å². The van der Waals surface area contributed by atoms with Crippen molar-refractivity contribution in [3.8, 4) is 0 Å². The highest BCUT2D eigenvalue weighted by molar-refractivity contribution is 5.79. The maximum atomic E-state index is 13.4. The first-order valence-electron chi connectivity index (χ1n) is 4.48. The van der Waals surface area contributed by atoms with Gasteiger partial charge in [0.15, 0.2) is 0 Å². The number of aromatic nitrogens is 2. The Morgan fingerprint density at radius 3 is 2.75 bits per heavy atom. The Balaban J connectivity index is 3.11. The van der Waals surface area contributed by atoms with E-state index in [2.05, 4.69) is 9.84 Å². The molecule has 0 amide bonds. The third-order valence-corrected chi connectivity index (χ3v) is 1.86. The van der Waals surface area contributed by atoms with Gasteiger partial charge < -0.3 is 4.74 Å². The molecular weight excluding hydrogens is 222 g/mol. The molecule has 0 unspecified atom stereocenters. The van der Waals surface area contributed by atoms with E-state index in [1.54, 1.807) is 0 Å². The van der Waals surface area contributed by atoms with Gasteiger partial charge in [-0.3, -0.25) is 4.79 Å². The van der Waals surface area contributed by atoms with Gasteiger partial charge >= 0.3 is 11.9 Å². The van der Waals surface area contributed by atoms with Crippen LogP contribution in [0.2, 0.25) is 0 Å². The summed E-state index contributed by atoms with van der Waals surface area (Å²) in [6.45, 7) is 1.25. The van der Waals surface area contributed by atoms with Gasteiger partial charge in [-0.1, -0.05) is 0 Å². The Kier molecular flexibility index (Phi) is 3.36. The van der Waals surface area contributed by atoms with Crippen LogP contribution in [0.4, 0.5) is 8.78 Å². The van der Waals surface area contributed by atoms with Crippen LogP contribution in [0.1, 0.15) is 12.5 Å². The predicted molar refractivity (Wildman–Crippen MR) is 50.0 cm³/mol. The largest absolute Gasteiger partial charge is 0.461 e. The Labute approximate surface area is 89.6 Å². The first-order valence-corrected chi connectivity index (χ1v) is 4.48. The van der Waals surface area contributed by atoms with E-state index in [9.17, 15) is 18.4 Å². The van der Waals surface area contributed by atoms with Crippen LogP contribution in [0.15, 0.2) is 17.1 Å². The van der Waals surface area contributed by atoms with Crippen molar-refractivity contribution < 1.29 is 18.3 Å². The smallest absolute Gasteiger partial charge is 0.382 e. The second kappa shape index (κ2) is 4.38. The molecule has 0 N–H and O–H groups in total. The SMILES string of the molecule is CCOC(=O)C(F)(F)c1cnn(C)c(=O)c1. The van der Waals surface area contributed by atoms with Crippen molar-refractivity contribution in [1.82, 2.24) is 9.78 Å². The van der Waals surface area contributed by atoms with Crippen molar-refractivity contribution in [2.24, 2.45) is 7.05 Å². The topological polar surface area (TPSA) is 61.2 Å². The number of nitrogens with zero attached hydrogens (tertiary/aromatic N) is 2. The van der Waals surface area contributed by atoms with Gasteiger partial charge in [-0.2, -0.15) is 13.9 Å². The highest BCUT2D eigenvalue weighted by Crippen LogP contribution is 2.27. The quantitative estimate of drug-likeness (QED) is 0.709. The zero-order chi connectivity index (χ0) is 12.3. The maximum absolute atomic E-state index is 13.4. The number of ether oxygens (including phenoxy) is 1. The Hall–Kier alpha value is -1.79. The molecule has 0 fully saturated rings. The van der Waals surface area contributed by atoms with E-state index < -0.39 is 23.0 Å². The summed E-state index contributed by atoms with van der Waals surface area (Å²) in [6.07, 6.45) is 0.762. The molecule has 0 aliphatic rings. The summed E-state index contributed by atoms with van der Waals surface area (Å²) in [7, 11) is 1.31. The normalized spacial score (nSPS) is 11.2. The van der Waals surface area contributed by atoms with E-state index >= 15 is 0 Å². The van der Waals surface area contributed by atoms with Crippen molar-refractivity contribution in [3.05, 3.63) is 28.2 Å². The minimum absolute atomic E-state index is 0.160. The molecule has 0 aliphatic carbocycles. The molecular formula is C9H10F2N2O3. The minimum atomic E-state index is -3.85. The van der Waals surface area contributed by atoms with Crippen LogP contribution >= 0.6 is 0 Å². The molecule has 0 bridgehead atoms. The number of rotatable bonds is 3. The summed E-state index contributed by atoms with van der Waals surface area (Å²) in [5, 5.41) is 3.40. The number of carbonyl (C=O) groups is 1. The average molecular weight is 232 g/mol. The van der Waals surface area contributed by atoms with Gasteiger partial charge in [-0.05, 0) is 6.92 Å². The number of aryl methyl sites for hydroxylation is 1. The number of esters is 1. The predicted octanol–water partition coefficient (Wildman–Crippen LogP) is 0.435. The van der Waals surface area contributed by atoms with Crippen LogP contribution in [-0.4, -0.2) is 22.4 Å². The molecule has 1 aromatic rings. The van der Waals surface area contributed by atoms with Gasteiger partial charge in [-0.25, -0.2) is 9.48 Å². The zero-order valence-corrected chi connectivity index (χ0v) is 8.74. The molecule has 16 heavy (non-hydrogen) atoms. The molecule has 88 valence electrons. The van der Waals surface area contributed by atoms with Gasteiger partial charge in [-0.15, -0.1) is 0 Å². The monoisotopic (exact) mass is 232 g/mol. The molecule has 0 aliphatic heterocycles. The summed E-state index contributed by atoms with van der Waals surface area (Å²) in [6, 6.07) is 0.657. The standard InChI is InChI=1S/C9H10F2N2O3/c1-3-16-8(15)9(10,11)6-4-7(14)13(2)12-5-6/h4-5H,3H2,1-2H3. The minimum Gasteiger partial charge on any atom is -0.461 e. The summed E-state index contributed by atoms with van der Waals surface area (Å²) in [5.74, 6) is -5.54. The molecule has 0 aromatic carbocycles. The summed E-state index contributed by atoms with van der Waals surface area (Å²) in [5.41, 5.74) is -1.49. The molecule has 7 heteroatoms. The van der Waals surface area contributed by atoms with E-state index in [1.165, 1.54) is 14.0 Å². The number of halogens is 2. The molecule has 0 saturated carbocycles. The van der Waals surface area contributed by atoms with Crippen LogP contribution in [0, 0.1) is 0 Å². The first-order chi connectivity index (χ1) is 7.39. The Morgan fingerprint density at radius 1 is 1.62 bits per heavy atom. The zero-order valence-electron chi connectivity index (χ0n) is 8.74. The van der Waals surface area contributed by atoms with Crippen LogP contribution < -0.4 is 5.56 Å². The summed E-state index contributed by atoms with van der Waals surface area (Å²) < 4.78 is 31.9. The fraction of sp³-hybridized carbons (Fsp3) is 0.444. The second-order valence-corrected chi connectivity index (χ2v) is 3.00. The summed E-state index contributed by atoms with van der Waals surface area (Å²) in [4.78, 5) is 22.0. The van der Waals surface area contributed by atoms with E-state index in [0.29, 0.717) is 6.07 Å². The fourth-order valence-electron chi connectivity index (χ4n) is 0.981. The van der Waals surface area contributed by atoms with Crippen LogP contribution in [0.5, 0.6) is 0 Å². The van der Waals surface area contributed by atoms with Gasteiger partial charge in [0, 0.05) is 13.1 Å². The lowest BCUT2D eigenvalue weighted by Crippen LogP contribution is -2.31. The third kappa shape index (κ3) is 2.23. The molecule has 5 nitrogen and oxygen atoms in total. The van der Waals surface area contributed by atoms with Crippen LogP contribution in [-0.2, 0) is 22.5 Å². The highest BCUT2D eigenvalue weighted by Gasteiger charge is 2.43. The van der Waals surface area contributed by atoms with Gasteiger partial charge in [0.05, 0.1) is 18.4 Å². The molecule has 1 rings (SSSR count). The lowest BCUT2D eigenvalue weighted by atomic mass is 10.1. The lowest BCUT2D eigenvalue weighted by molar-refractivity contribution is -0.173. The number of alkyl halides is 2. The van der Waals surface area contributed by atoms with Crippen LogP contribution in [0.25, 0.3) is 0 Å². The molecule has 0 radical (unpaired) electrons. The lowest BCUT2D eigenvalue weighted by Gasteiger charge is -2.14. The van der Waals surface area contributed by atoms with Crippen LogP contribution in [0.3, 0.4) is 0 Å². The van der Waals surface area contributed by atoms with Crippen molar-refractivity contribution in [2.45, 2.75) is 12.8 Å². The van der Waals surface area contributed by atoms with E-state index in [4.69, 9.17) is 0 Å². The highest BCUT2D eigenvalue weighted by atomic mass is 19.3. The second-order valence-electron chi connectivity index (χ2n) is 3.00. The van der Waals surface area contributed by atoms with Crippen molar-refractivity contribution in [3.63, 3.8) is 0 Å². The van der Waals surface area contributed by atoms with Crippen molar-refractivity contribution >= 4 is 5.97 Å². The average Bonchev–Trinajstić information content (AvgIpc) is 2.22. The molecule has 1 heterocycles. The summed E-state index contributed by atoms with van der Waals surface area (Å²) >= 11 is 0. The van der Waals surface area contributed by atoms with Gasteiger partial charge in [0.25, 0.3) is 5.56 Å². The number of hydrogen-bond acceptors (Lipinski definition) is 4. The number of hydrogen-bond donors (Lipinski definition) is 0. The Bertz CT molecular complexity index is 456. The molecule has 1 aromatic heterocycles. The van der Waals surface area contributed by atoms with E-state index in [-0.39, 0.29) is 6.61 Å². The molecule has 0 saturated heterocycles. The van der Waals surface area contributed by atoms with Crippen molar-refractivity contribution in [1.29, 1.82) is 0 Å². The van der Waals surface area contributed by atoms with Gasteiger partial charge in [0.2, 0.25) is 0 Å². The van der Waals surface area contributed by atoms with Crippen molar-refractivity contribution in [2.75, 3.05) is 6.61 Å². The van der Waals surface area contributed by atoms with E-state index in [1.807, 2.05) is 0 Å². The fourth-order valence-corrected chi connectivity index (χ4v) is 0.981. The van der Waals surface area contributed by atoms with Gasteiger partial charge in [0.1, 0.15) is 0 Å². The number of carbonyl (C=O) groups excluding carboxylic acids is 1. The Morgan fingerprint density at radius 2 is 2.25 bits per heavy atom. The first kappa shape index (κ1) is 12.3. The molecule has 0 atom stereocenters.